The number of nitrogens with one attached hydrogen (secondary N) is 1. The second kappa shape index (κ2) is 6.43. The molecule has 2 aliphatic rings. The molecular weight excluding hydrogens is 316 g/mol. The lowest BCUT2D eigenvalue weighted by molar-refractivity contribution is 0.211. The van der Waals surface area contributed by atoms with Gasteiger partial charge in [0.25, 0.3) is 0 Å². The highest BCUT2D eigenvalue weighted by atomic mass is 16.5. The SMILES string of the molecule is CCc1onc(C)c1NC(=O)N1CCCN2c3ccccc3C[C@@H]2C1. The van der Waals surface area contributed by atoms with Gasteiger partial charge in [0.2, 0.25) is 0 Å². The minimum absolute atomic E-state index is 0.0567. The fourth-order valence-electron chi connectivity index (χ4n) is 3.96. The molecule has 1 atom stereocenters. The molecule has 1 aromatic carbocycles. The molecule has 132 valence electrons. The van der Waals surface area contributed by atoms with Crippen LogP contribution in [0.4, 0.5) is 16.2 Å². The largest absolute Gasteiger partial charge is 0.366 e. The van der Waals surface area contributed by atoms with Gasteiger partial charge in [0.1, 0.15) is 11.4 Å². The third kappa shape index (κ3) is 2.86. The summed E-state index contributed by atoms with van der Waals surface area (Å²) in [6.07, 6.45) is 2.69. The predicted molar refractivity (Wildman–Crippen MR) is 97.1 cm³/mol. The van der Waals surface area contributed by atoms with E-state index in [1.165, 1.54) is 11.3 Å². The Labute approximate surface area is 147 Å². The van der Waals surface area contributed by atoms with E-state index in [2.05, 4.69) is 39.6 Å². The van der Waals surface area contributed by atoms with Gasteiger partial charge in [-0.25, -0.2) is 4.79 Å². The van der Waals surface area contributed by atoms with Crippen LogP contribution in [0.2, 0.25) is 0 Å². The Morgan fingerprint density at radius 2 is 2.20 bits per heavy atom. The molecule has 0 unspecified atom stereocenters. The summed E-state index contributed by atoms with van der Waals surface area (Å²) >= 11 is 0. The van der Waals surface area contributed by atoms with Crippen LogP contribution in [0.25, 0.3) is 0 Å². The van der Waals surface area contributed by atoms with E-state index in [1.807, 2.05) is 18.7 Å². The molecule has 0 saturated carbocycles. The van der Waals surface area contributed by atoms with E-state index >= 15 is 0 Å². The molecule has 1 N–H and O–H groups in total. The van der Waals surface area contributed by atoms with Gasteiger partial charge in [0, 0.05) is 31.7 Å². The van der Waals surface area contributed by atoms with Crippen molar-refractivity contribution in [3.05, 3.63) is 41.3 Å². The average Bonchev–Trinajstić information content (AvgIpc) is 3.06. The number of benzene rings is 1. The molecule has 1 fully saturated rings. The molecule has 0 radical (unpaired) electrons. The first kappa shape index (κ1) is 16.0. The Morgan fingerprint density at radius 1 is 1.36 bits per heavy atom. The predicted octanol–water partition coefficient (Wildman–Crippen LogP) is 3.21. The maximum absolute atomic E-state index is 12.8. The topological polar surface area (TPSA) is 61.6 Å². The van der Waals surface area contributed by atoms with Crippen molar-refractivity contribution in [1.82, 2.24) is 10.1 Å². The summed E-state index contributed by atoms with van der Waals surface area (Å²) in [6.45, 7) is 6.36. The van der Waals surface area contributed by atoms with Crippen LogP contribution in [-0.4, -0.2) is 41.8 Å². The molecule has 2 amide bonds. The fraction of sp³-hybridized carbons (Fsp3) is 0.474. The van der Waals surface area contributed by atoms with Gasteiger partial charge in [0.05, 0.1) is 6.04 Å². The van der Waals surface area contributed by atoms with E-state index in [-0.39, 0.29) is 6.03 Å². The molecule has 3 heterocycles. The number of aromatic nitrogens is 1. The third-order valence-corrected chi connectivity index (χ3v) is 5.23. The van der Waals surface area contributed by atoms with Gasteiger partial charge in [-0.05, 0) is 31.4 Å². The van der Waals surface area contributed by atoms with Crippen LogP contribution < -0.4 is 10.2 Å². The number of hydrogen-bond donors (Lipinski definition) is 1. The zero-order valence-corrected chi connectivity index (χ0v) is 14.8. The normalized spacial score (nSPS) is 19.4. The van der Waals surface area contributed by atoms with Crippen LogP contribution in [0.3, 0.4) is 0 Å². The third-order valence-electron chi connectivity index (χ3n) is 5.23. The Bertz CT molecular complexity index is 785. The van der Waals surface area contributed by atoms with Gasteiger partial charge in [-0.3, -0.25) is 0 Å². The van der Waals surface area contributed by atoms with E-state index in [1.54, 1.807) is 0 Å². The monoisotopic (exact) mass is 340 g/mol. The van der Waals surface area contributed by atoms with Crippen LogP contribution in [0.1, 0.15) is 30.4 Å². The van der Waals surface area contributed by atoms with Crippen molar-refractivity contribution in [2.75, 3.05) is 29.9 Å². The van der Waals surface area contributed by atoms with E-state index < -0.39 is 0 Å². The number of aryl methyl sites for hydroxylation is 2. The van der Waals surface area contributed by atoms with Crippen molar-refractivity contribution in [3.8, 4) is 0 Å². The molecule has 6 nitrogen and oxygen atoms in total. The number of nitrogens with zero attached hydrogens (tertiary/aromatic N) is 3. The molecule has 1 saturated heterocycles. The zero-order valence-electron chi connectivity index (χ0n) is 14.8. The highest BCUT2D eigenvalue weighted by Gasteiger charge is 2.33. The number of para-hydroxylation sites is 1. The number of carbonyl (C=O) groups is 1. The second-order valence-electron chi connectivity index (χ2n) is 6.83. The van der Waals surface area contributed by atoms with E-state index in [0.29, 0.717) is 12.5 Å². The second-order valence-corrected chi connectivity index (χ2v) is 6.83. The zero-order chi connectivity index (χ0) is 17.4. The number of hydrogen-bond acceptors (Lipinski definition) is 4. The molecule has 1 aromatic heterocycles. The summed E-state index contributed by atoms with van der Waals surface area (Å²) in [5.41, 5.74) is 4.18. The summed E-state index contributed by atoms with van der Waals surface area (Å²) in [7, 11) is 0. The quantitative estimate of drug-likeness (QED) is 0.912. The van der Waals surface area contributed by atoms with Gasteiger partial charge in [-0.2, -0.15) is 0 Å². The lowest BCUT2D eigenvalue weighted by atomic mass is 10.1. The Morgan fingerprint density at radius 3 is 3.04 bits per heavy atom. The Hall–Kier alpha value is -2.50. The summed E-state index contributed by atoms with van der Waals surface area (Å²) in [5, 5.41) is 6.99. The first-order valence-electron chi connectivity index (χ1n) is 9.03. The van der Waals surface area contributed by atoms with Crippen LogP contribution in [0.15, 0.2) is 28.8 Å². The number of rotatable bonds is 2. The van der Waals surface area contributed by atoms with Gasteiger partial charge < -0.3 is 19.6 Å². The molecule has 2 aliphatic heterocycles. The van der Waals surface area contributed by atoms with Crippen molar-refractivity contribution in [1.29, 1.82) is 0 Å². The van der Waals surface area contributed by atoms with Crippen molar-refractivity contribution in [3.63, 3.8) is 0 Å². The van der Waals surface area contributed by atoms with Crippen molar-refractivity contribution >= 4 is 17.4 Å². The minimum Gasteiger partial charge on any atom is -0.366 e. The van der Waals surface area contributed by atoms with Crippen molar-refractivity contribution in [2.24, 2.45) is 0 Å². The lowest BCUT2D eigenvalue weighted by Gasteiger charge is -2.27. The number of carbonyl (C=O) groups excluding carboxylic acids is 1. The van der Waals surface area contributed by atoms with E-state index in [0.717, 1.165) is 49.6 Å². The average molecular weight is 340 g/mol. The molecule has 0 aliphatic carbocycles. The van der Waals surface area contributed by atoms with Crippen LogP contribution in [-0.2, 0) is 12.8 Å². The lowest BCUT2D eigenvalue weighted by Crippen LogP contribution is -2.43. The van der Waals surface area contributed by atoms with Gasteiger partial charge in [0.15, 0.2) is 5.76 Å². The summed E-state index contributed by atoms with van der Waals surface area (Å²) in [5.74, 6) is 0.732. The summed E-state index contributed by atoms with van der Waals surface area (Å²) < 4.78 is 5.28. The number of anilines is 2. The van der Waals surface area contributed by atoms with Gasteiger partial charge >= 0.3 is 6.03 Å². The fourth-order valence-corrected chi connectivity index (χ4v) is 3.96. The van der Waals surface area contributed by atoms with Gasteiger partial charge in [-0.1, -0.05) is 30.3 Å². The van der Waals surface area contributed by atoms with Crippen LogP contribution >= 0.6 is 0 Å². The maximum atomic E-state index is 12.8. The smallest absolute Gasteiger partial charge is 0.322 e. The number of fused-ring (bicyclic) bond motifs is 3. The molecular formula is C19H24N4O2. The first-order valence-corrected chi connectivity index (χ1v) is 9.03. The van der Waals surface area contributed by atoms with E-state index in [4.69, 9.17) is 4.52 Å². The maximum Gasteiger partial charge on any atom is 0.322 e. The highest BCUT2D eigenvalue weighted by Crippen LogP contribution is 2.33. The van der Waals surface area contributed by atoms with Crippen molar-refractivity contribution < 1.29 is 9.32 Å². The van der Waals surface area contributed by atoms with Crippen molar-refractivity contribution in [2.45, 2.75) is 39.2 Å². The number of urea groups is 1. The van der Waals surface area contributed by atoms with Crippen LogP contribution in [0.5, 0.6) is 0 Å². The molecule has 6 heteroatoms. The molecule has 0 bridgehead atoms. The Balaban J connectivity index is 1.49. The van der Waals surface area contributed by atoms with E-state index in [9.17, 15) is 4.79 Å². The molecule has 25 heavy (non-hydrogen) atoms. The molecule has 2 aromatic rings. The molecule has 4 rings (SSSR count). The van der Waals surface area contributed by atoms with Gasteiger partial charge in [-0.15, -0.1) is 0 Å². The standard InChI is InChI=1S/C19H24N4O2/c1-3-17-18(13(2)21-25-17)20-19(24)22-9-6-10-23-15(12-22)11-14-7-4-5-8-16(14)23/h4-5,7-8,15H,3,6,9-12H2,1-2H3,(H,20,24)/t15-/m1/s1. The van der Waals surface area contributed by atoms with Crippen LogP contribution in [0, 0.1) is 6.92 Å². The molecule has 0 spiro atoms. The summed E-state index contributed by atoms with van der Waals surface area (Å²) in [4.78, 5) is 17.2. The highest BCUT2D eigenvalue weighted by molar-refractivity contribution is 5.90. The minimum atomic E-state index is -0.0567. The summed E-state index contributed by atoms with van der Waals surface area (Å²) in [6, 6.07) is 8.88. The first-order chi connectivity index (χ1) is 12.2. The number of amides is 2. The Kier molecular flexibility index (Phi) is 4.11.